The average Bonchev–Trinajstić information content (AvgIpc) is 2.50. The first-order chi connectivity index (χ1) is 11.0. The van der Waals surface area contributed by atoms with E-state index in [-0.39, 0.29) is 4.90 Å². The Kier molecular flexibility index (Phi) is 6.45. The number of alkyl halides is 4. The van der Waals surface area contributed by atoms with E-state index in [0.717, 1.165) is 12.1 Å². The van der Waals surface area contributed by atoms with Gasteiger partial charge in [0.25, 0.3) is 11.4 Å². The molecule has 0 aromatic heterocycles. The number of carbonyl (C=O) groups is 1. The first-order valence-corrected chi connectivity index (χ1v) is 6.90. The number of carbonyl (C=O) groups excluding carboxylic acids is 1. The maximum atomic E-state index is 12.6. The summed E-state index contributed by atoms with van der Waals surface area (Å²) in [4.78, 5) is 30.7. The fraction of sp³-hybridized carbons (Fsp3) is 0.364. The summed E-state index contributed by atoms with van der Waals surface area (Å²) in [5.41, 5.74) is -1.22. The molecule has 0 N–H and O–H groups in total. The molecule has 0 bridgehead atoms. The third-order valence-electron chi connectivity index (χ3n) is 2.44. The van der Waals surface area contributed by atoms with E-state index in [1.165, 1.54) is 0 Å². The van der Waals surface area contributed by atoms with Crippen LogP contribution >= 0.6 is 11.8 Å². The Bertz CT molecular complexity index is 657. The number of hydrogen-bond acceptors (Lipinski definition) is 7. The van der Waals surface area contributed by atoms with Crippen LogP contribution in [0, 0.1) is 20.2 Å². The van der Waals surface area contributed by atoms with Gasteiger partial charge in [0.1, 0.15) is 0 Å². The van der Waals surface area contributed by atoms with Crippen LogP contribution in [0.3, 0.4) is 0 Å². The van der Waals surface area contributed by atoms with E-state index in [4.69, 9.17) is 0 Å². The number of halogens is 4. The number of nitro groups is 2. The largest absolute Gasteiger partial charge is 0.458 e. The van der Waals surface area contributed by atoms with Gasteiger partial charge >= 0.3 is 18.3 Å². The number of thioether (sulfide) groups is 1. The van der Waals surface area contributed by atoms with Gasteiger partial charge in [-0.05, 0) is 6.07 Å². The molecule has 0 aliphatic carbocycles. The number of benzene rings is 1. The number of nitrogens with zero attached hydrogens (tertiary/aromatic N) is 2. The van der Waals surface area contributed by atoms with Gasteiger partial charge in [0.2, 0.25) is 0 Å². The SMILES string of the molecule is O=C(CSc1ccc([N+](=O)[O-])cc1[N+](=O)[O-])OCC(F)(F)C(F)F. The lowest BCUT2D eigenvalue weighted by molar-refractivity contribution is -0.396. The van der Waals surface area contributed by atoms with Gasteiger partial charge in [-0.3, -0.25) is 25.0 Å². The molecule has 0 amide bonds. The Morgan fingerprint density at radius 2 is 1.88 bits per heavy atom. The van der Waals surface area contributed by atoms with Crippen molar-refractivity contribution in [3.05, 3.63) is 38.4 Å². The lowest BCUT2D eigenvalue weighted by atomic mass is 10.3. The van der Waals surface area contributed by atoms with Crippen molar-refractivity contribution in [2.75, 3.05) is 12.4 Å². The zero-order valence-corrected chi connectivity index (χ0v) is 12.3. The molecule has 132 valence electrons. The minimum absolute atomic E-state index is 0.150. The lowest BCUT2D eigenvalue weighted by Crippen LogP contribution is -2.33. The molecule has 0 radical (unpaired) electrons. The minimum atomic E-state index is -4.50. The van der Waals surface area contributed by atoms with Gasteiger partial charge in [-0.15, -0.1) is 11.8 Å². The highest BCUT2D eigenvalue weighted by Gasteiger charge is 2.42. The highest BCUT2D eigenvalue weighted by molar-refractivity contribution is 8.00. The lowest BCUT2D eigenvalue weighted by Gasteiger charge is -2.14. The predicted octanol–water partition coefficient (Wildman–Crippen LogP) is 3.04. The summed E-state index contributed by atoms with van der Waals surface area (Å²) in [6.45, 7) is -1.83. The third-order valence-corrected chi connectivity index (χ3v) is 3.48. The van der Waals surface area contributed by atoms with Gasteiger partial charge in [0.05, 0.1) is 26.6 Å². The second-order valence-corrected chi connectivity index (χ2v) is 5.19. The van der Waals surface area contributed by atoms with Crippen molar-refractivity contribution in [1.29, 1.82) is 0 Å². The number of ether oxygens (including phenoxy) is 1. The van der Waals surface area contributed by atoms with E-state index in [0.29, 0.717) is 17.8 Å². The van der Waals surface area contributed by atoms with Gasteiger partial charge in [0.15, 0.2) is 6.61 Å². The molecule has 1 aromatic rings. The van der Waals surface area contributed by atoms with Crippen LogP contribution < -0.4 is 0 Å². The molecule has 0 heterocycles. The second kappa shape index (κ2) is 7.90. The molecule has 24 heavy (non-hydrogen) atoms. The van der Waals surface area contributed by atoms with Gasteiger partial charge in [-0.2, -0.15) is 8.78 Å². The van der Waals surface area contributed by atoms with Crippen LogP contribution in [0.2, 0.25) is 0 Å². The van der Waals surface area contributed by atoms with E-state index in [1.54, 1.807) is 0 Å². The first kappa shape index (κ1) is 19.6. The number of nitro benzene ring substituents is 2. The number of hydrogen-bond donors (Lipinski definition) is 0. The Morgan fingerprint density at radius 1 is 1.25 bits per heavy atom. The van der Waals surface area contributed by atoms with Gasteiger partial charge in [-0.1, -0.05) is 0 Å². The molecule has 1 aromatic carbocycles. The van der Waals surface area contributed by atoms with Crippen LogP contribution in [0.5, 0.6) is 0 Å². The van der Waals surface area contributed by atoms with Crippen LogP contribution in [0.25, 0.3) is 0 Å². The molecule has 0 fully saturated rings. The number of esters is 1. The Balaban J connectivity index is 2.72. The smallest absolute Gasteiger partial charge is 0.340 e. The summed E-state index contributed by atoms with van der Waals surface area (Å²) in [5.74, 6) is -6.48. The van der Waals surface area contributed by atoms with Crippen molar-refractivity contribution in [2.24, 2.45) is 0 Å². The average molecular weight is 372 g/mol. The van der Waals surface area contributed by atoms with Crippen molar-refractivity contribution in [3.63, 3.8) is 0 Å². The van der Waals surface area contributed by atoms with Crippen molar-refractivity contribution in [1.82, 2.24) is 0 Å². The van der Waals surface area contributed by atoms with E-state index in [9.17, 15) is 42.6 Å². The summed E-state index contributed by atoms with van der Waals surface area (Å²) in [6.07, 6.45) is -4.01. The minimum Gasteiger partial charge on any atom is -0.458 e. The highest BCUT2D eigenvalue weighted by atomic mass is 32.2. The van der Waals surface area contributed by atoms with E-state index in [1.807, 2.05) is 0 Å². The fourth-order valence-corrected chi connectivity index (χ4v) is 2.10. The Morgan fingerprint density at radius 3 is 2.38 bits per heavy atom. The quantitative estimate of drug-likeness (QED) is 0.227. The molecule has 0 aliphatic heterocycles. The number of non-ortho nitro benzene ring substituents is 1. The molecule has 8 nitrogen and oxygen atoms in total. The maximum absolute atomic E-state index is 12.6. The molecular weight excluding hydrogens is 364 g/mol. The predicted molar refractivity (Wildman–Crippen MR) is 72.4 cm³/mol. The van der Waals surface area contributed by atoms with Crippen LogP contribution in [0.1, 0.15) is 0 Å². The van der Waals surface area contributed by atoms with Crippen molar-refractivity contribution in [2.45, 2.75) is 17.2 Å². The molecule has 0 saturated carbocycles. The summed E-state index contributed by atoms with van der Waals surface area (Å²) < 4.78 is 52.9. The summed E-state index contributed by atoms with van der Waals surface area (Å²) in [6, 6.07) is 2.62. The molecule has 13 heteroatoms. The second-order valence-electron chi connectivity index (χ2n) is 4.18. The van der Waals surface area contributed by atoms with Crippen LogP contribution in [0.15, 0.2) is 23.1 Å². The zero-order valence-electron chi connectivity index (χ0n) is 11.5. The molecule has 0 aliphatic rings. The number of rotatable bonds is 8. The Labute approximate surface area is 135 Å². The molecule has 0 atom stereocenters. The Hall–Kier alpha value is -2.44. The van der Waals surface area contributed by atoms with Crippen LogP contribution in [0.4, 0.5) is 28.9 Å². The third kappa shape index (κ3) is 5.33. The van der Waals surface area contributed by atoms with Crippen molar-refractivity contribution < 1.29 is 36.9 Å². The van der Waals surface area contributed by atoms with Crippen molar-refractivity contribution >= 4 is 29.1 Å². The van der Waals surface area contributed by atoms with E-state index in [2.05, 4.69) is 4.74 Å². The van der Waals surface area contributed by atoms with Crippen LogP contribution in [-0.2, 0) is 9.53 Å². The molecule has 0 unspecified atom stereocenters. The first-order valence-electron chi connectivity index (χ1n) is 5.92. The summed E-state index contributed by atoms with van der Waals surface area (Å²) >= 11 is 0.492. The van der Waals surface area contributed by atoms with E-state index >= 15 is 0 Å². The van der Waals surface area contributed by atoms with Gasteiger partial charge in [-0.25, -0.2) is 8.78 Å². The molecule has 0 spiro atoms. The fourth-order valence-electron chi connectivity index (χ4n) is 1.30. The normalized spacial score (nSPS) is 11.4. The molecule has 1 rings (SSSR count). The topological polar surface area (TPSA) is 113 Å². The van der Waals surface area contributed by atoms with Crippen LogP contribution in [-0.4, -0.2) is 40.5 Å². The zero-order chi connectivity index (χ0) is 18.5. The monoisotopic (exact) mass is 372 g/mol. The molecule has 0 saturated heterocycles. The van der Waals surface area contributed by atoms with Gasteiger partial charge < -0.3 is 4.74 Å². The molecular formula is C11H8F4N2O6S. The standard InChI is InChI=1S/C11H8F4N2O6S/c12-10(13)11(14,15)5-23-9(18)4-24-8-2-1-6(16(19)20)3-7(8)17(21)22/h1-3,10H,4-5H2. The van der Waals surface area contributed by atoms with E-state index < -0.39 is 51.9 Å². The van der Waals surface area contributed by atoms with Crippen molar-refractivity contribution in [3.8, 4) is 0 Å². The summed E-state index contributed by atoms with van der Waals surface area (Å²) in [7, 11) is 0. The maximum Gasteiger partial charge on any atom is 0.340 e. The van der Waals surface area contributed by atoms with Gasteiger partial charge in [0, 0.05) is 6.07 Å². The highest BCUT2D eigenvalue weighted by Crippen LogP contribution is 2.32. The summed E-state index contributed by atoms with van der Waals surface area (Å²) in [5, 5.41) is 21.4.